The first-order valence-corrected chi connectivity index (χ1v) is 6.41. The Morgan fingerprint density at radius 2 is 2.06 bits per heavy atom. The summed E-state index contributed by atoms with van der Waals surface area (Å²) in [5.41, 5.74) is 0. The summed E-state index contributed by atoms with van der Waals surface area (Å²) in [6.07, 6.45) is 5.58. The van der Waals surface area contributed by atoms with Crippen LogP contribution in [0.2, 0.25) is 0 Å². The summed E-state index contributed by atoms with van der Waals surface area (Å²) >= 11 is 3.30. The topological polar surface area (TPSA) is 56.5 Å². The van der Waals surface area contributed by atoms with E-state index in [2.05, 4.69) is 49.8 Å². The van der Waals surface area contributed by atoms with Gasteiger partial charge in [0.25, 0.3) is 5.95 Å². The number of hydrogen-bond acceptors (Lipinski definition) is 4. The van der Waals surface area contributed by atoms with Crippen LogP contribution < -0.4 is 0 Å². The van der Waals surface area contributed by atoms with E-state index in [1.165, 1.54) is 0 Å². The normalized spacial score (nSPS) is 12.6. The van der Waals surface area contributed by atoms with Gasteiger partial charge in [-0.15, -0.1) is 5.10 Å². The number of nitrogens with zero attached hydrogens (tertiary/aromatic N) is 5. The van der Waals surface area contributed by atoms with Crippen molar-refractivity contribution in [3.63, 3.8) is 0 Å². The third kappa shape index (κ3) is 2.69. The Bertz CT molecular complexity index is 482. The van der Waals surface area contributed by atoms with Crippen LogP contribution in [0.4, 0.5) is 0 Å². The number of halogens is 1. The van der Waals surface area contributed by atoms with Crippen LogP contribution >= 0.6 is 15.9 Å². The molecular weight excluding hydrogens is 282 g/mol. The van der Waals surface area contributed by atoms with Crippen molar-refractivity contribution < 1.29 is 0 Å². The maximum atomic E-state index is 4.39. The van der Waals surface area contributed by atoms with E-state index in [0.717, 1.165) is 18.7 Å². The molecule has 0 aliphatic rings. The number of hydrogen-bond donors (Lipinski definition) is 0. The predicted molar refractivity (Wildman–Crippen MR) is 68.0 cm³/mol. The maximum absolute atomic E-state index is 4.39. The SMILES string of the molecule is CCCC(C)c1nc(Br)nn1-c1ncccn1. The molecule has 2 aromatic rings. The number of rotatable bonds is 4. The lowest BCUT2D eigenvalue weighted by molar-refractivity contribution is 0.596. The van der Waals surface area contributed by atoms with Crippen LogP contribution in [0.5, 0.6) is 0 Å². The molecule has 6 heteroatoms. The van der Waals surface area contributed by atoms with Gasteiger partial charge in [0.2, 0.25) is 4.73 Å². The van der Waals surface area contributed by atoms with Gasteiger partial charge in [0.05, 0.1) is 0 Å². The average Bonchev–Trinajstić information content (AvgIpc) is 2.73. The van der Waals surface area contributed by atoms with Crippen molar-refractivity contribution >= 4 is 15.9 Å². The fraction of sp³-hybridized carbons (Fsp3) is 0.455. The van der Waals surface area contributed by atoms with E-state index in [9.17, 15) is 0 Å². The average molecular weight is 296 g/mol. The van der Waals surface area contributed by atoms with E-state index >= 15 is 0 Å². The Balaban J connectivity index is 2.40. The second-order valence-electron chi connectivity index (χ2n) is 3.89. The lowest BCUT2D eigenvalue weighted by atomic mass is 10.1. The third-order valence-corrected chi connectivity index (χ3v) is 2.85. The Labute approximate surface area is 108 Å². The van der Waals surface area contributed by atoms with Gasteiger partial charge in [-0.05, 0) is 28.4 Å². The highest BCUT2D eigenvalue weighted by Gasteiger charge is 2.17. The van der Waals surface area contributed by atoms with Gasteiger partial charge in [-0.3, -0.25) is 0 Å². The molecule has 0 aliphatic carbocycles. The zero-order valence-corrected chi connectivity index (χ0v) is 11.4. The Morgan fingerprint density at radius 3 is 2.71 bits per heavy atom. The highest BCUT2D eigenvalue weighted by Crippen LogP contribution is 2.21. The Hall–Kier alpha value is -1.30. The summed E-state index contributed by atoms with van der Waals surface area (Å²) in [5, 5.41) is 4.28. The minimum absolute atomic E-state index is 0.336. The van der Waals surface area contributed by atoms with Gasteiger partial charge in [-0.2, -0.15) is 4.68 Å². The van der Waals surface area contributed by atoms with Crippen molar-refractivity contribution in [2.45, 2.75) is 32.6 Å². The van der Waals surface area contributed by atoms with Gasteiger partial charge in [0.1, 0.15) is 5.82 Å². The molecule has 0 radical (unpaired) electrons. The van der Waals surface area contributed by atoms with Crippen molar-refractivity contribution in [3.05, 3.63) is 29.0 Å². The first-order chi connectivity index (χ1) is 8.22. The molecule has 17 heavy (non-hydrogen) atoms. The molecule has 2 rings (SSSR count). The maximum Gasteiger partial charge on any atom is 0.252 e. The molecule has 1 atom stereocenters. The summed E-state index contributed by atoms with van der Waals surface area (Å²) in [7, 11) is 0. The summed E-state index contributed by atoms with van der Waals surface area (Å²) in [4.78, 5) is 12.8. The standard InChI is InChI=1S/C11H14BrN5/c1-3-5-8(2)9-15-10(12)16-17(9)11-13-6-4-7-14-11/h4,6-8H,3,5H2,1-2H3. The molecule has 90 valence electrons. The van der Waals surface area contributed by atoms with Gasteiger partial charge in [0.15, 0.2) is 0 Å². The third-order valence-electron chi connectivity index (χ3n) is 2.51. The molecule has 0 aliphatic heterocycles. The summed E-state index contributed by atoms with van der Waals surface area (Å²) in [5.74, 6) is 1.79. The fourth-order valence-corrected chi connectivity index (χ4v) is 2.07. The van der Waals surface area contributed by atoms with Crippen LogP contribution in [-0.4, -0.2) is 24.7 Å². The van der Waals surface area contributed by atoms with Crippen LogP contribution in [0.1, 0.15) is 38.4 Å². The lowest BCUT2D eigenvalue weighted by Crippen LogP contribution is -2.09. The molecule has 2 aromatic heterocycles. The second-order valence-corrected chi connectivity index (χ2v) is 4.60. The molecule has 5 nitrogen and oxygen atoms in total. The second kappa shape index (κ2) is 5.35. The highest BCUT2D eigenvalue weighted by atomic mass is 79.9. The molecule has 1 unspecified atom stereocenters. The summed E-state index contributed by atoms with van der Waals surface area (Å²) in [6, 6.07) is 1.78. The first kappa shape index (κ1) is 12.2. The lowest BCUT2D eigenvalue weighted by Gasteiger charge is -2.09. The molecule has 0 bridgehead atoms. The van der Waals surface area contributed by atoms with Crippen molar-refractivity contribution in [2.75, 3.05) is 0 Å². The molecule has 0 fully saturated rings. The van der Waals surface area contributed by atoms with Crippen molar-refractivity contribution in [1.29, 1.82) is 0 Å². The molecule has 0 saturated carbocycles. The minimum Gasteiger partial charge on any atom is -0.220 e. The summed E-state index contributed by atoms with van der Waals surface area (Å²) in [6.45, 7) is 4.30. The van der Waals surface area contributed by atoms with Crippen LogP contribution in [0.25, 0.3) is 5.95 Å². The van der Waals surface area contributed by atoms with Crippen LogP contribution in [0, 0.1) is 0 Å². The molecule has 0 saturated heterocycles. The zero-order chi connectivity index (χ0) is 12.3. The van der Waals surface area contributed by atoms with Gasteiger partial charge in [-0.25, -0.2) is 15.0 Å². The number of aromatic nitrogens is 5. The fourth-order valence-electron chi connectivity index (χ4n) is 1.73. The minimum atomic E-state index is 0.336. The van der Waals surface area contributed by atoms with Crippen LogP contribution in [0.3, 0.4) is 0 Å². The van der Waals surface area contributed by atoms with E-state index in [4.69, 9.17) is 0 Å². The first-order valence-electron chi connectivity index (χ1n) is 5.62. The van der Waals surface area contributed by atoms with Gasteiger partial charge in [-0.1, -0.05) is 20.3 Å². The van der Waals surface area contributed by atoms with Gasteiger partial charge < -0.3 is 0 Å². The van der Waals surface area contributed by atoms with E-state index < -0.39 is 0 Å². The molecule has 0 aromatic carbocycles. The quantitative estimate of drug-likeness (QED) is 0.870. The molecule has 2 heterocycles. The van der Waals surface area contributed by atoms with Crippen LogP contribution in [-0.2, 0) is 0 Å². The molecule has 0 spiro atoms. The summed E-state index contributed by atoms with van der Waals surface area (Å²) < 4.78 is 2.27. The van der Waals surface area contributed by atoms with Gasteiger partial charge in [0, 0.05) is 18.3 Å². The zero-order valence-electron chi connectivity index (χ0n) is 9.84. The molecule has 0 N–H and O–H groups in total. The molecule has 0 amide bonds. The van der Waals surface area contributed by atoms with Crippen molar-refractivity contribution in [1.82, 2.24) is 24.7 Å². The Morgan fingerprint density at radius 1 is 1.35 bits per heavy atom. The van der Waals surface area contributed by atoms with E-state index in [-0.39, 0.29) is 0 Å². The van der Waals surface area contributed by atoms with Crippen molar-refractivity contribution in [3.8, 4) is 5.95 Å². The van der Waals surface area contributed by atoms with Gasteiger partial charge >= 0.3 is 0 Å². The molecular formula is C11H14BrN5. The largest absolute Gasteiger partial charge is 0.252 e. The van der Waals surface area contributed by atoms with Crippen molar-refractivity contribution in [2.24, 2.45) is 0 Å². The highest BCUT2D eigenvalue weighted by molar-refractivity contribution is 9.10. The Kier molecular flexibility index (Phi) is 3.83. The van der Waals surface area contributed by atoms with E-state index in [0.29, 0.717) is 16.6 Å². The smallest absolute Gasteiger partial charge is 0.220 e. The van der Waals surface area contributed by atoms with E-state index in [1.54, 1.807) is 23.1 Å². The monoisotopic (exact) mass is 295 g/mol. The predicted octanol–water partition coefficient (Wildman–Crippen LogP) is 2.72. The van der Waals surface area contributed by atoms with E-state index in [1.807, 2.05) is 0 Å². The van der Waals surface area contributed by atoms with Crippen LogP contribution in [0.15, 0.2) is 23.2 Å².